The van der Waals surface area contributed by atoms with Crippen molar-refractivity contribution in [2.24, 2.45) is 5.92 Å². The topological polar surface area (TPSA) is 0 Å². The van der Waals surface area contributed by atoms with Crippen molar-refractivity contribution in [1.82, 2.24) is 0 Å². The quantitative estimate of drug-likeness (QED) is 0.235. The van der Waals surface area contributed by atoms with Crippen LogP contribution in [0.25, 0.3) is 10.8 Å². The summed E-state index contributed by atoms with van der Waals surface area (Å²) in [6.45, 7) is 4.48. The van der Waals surface area contributed by atoms with Crippen molar-refractivity contribution in [1.29, 1.82) is 0 Å². The van der Waals surface area contributed by atoms with E-state index in [-0.39, 0.29) is 5.82 Å². The lowest BCUT2D eigenvalue weighted by Crippen LogP contribution is -2.14. The van der Waals surface area contributed by atoms with Gasteiger partial charge in [0.25, 0.3) is 0 Å². The molecule has 0 N–H and O–H groups in total. The summed E-state index contributed by atoms with van der Waals surface area (Å²) in [6.07, 6.45) is 13.7. The van der Waals surface area contributed by atoms with Crippen molar-refractivity contribution < 1.29 is 4.39 Å². The Morgan fingerprint density at radius 2 is 1.47 bits per heavy atom. The van der Waals surface area contributed by atoms with Crippen LogP contribution in [0.1, 0.15) is 106 Å². The van der Waals surface area contributed by atoms with Crippen LogP contribution in [-0.4, -0.2) is 0 Å². The molecule has 0 nitrogen and oxygen atoms in total. The minimum atomic E-state index is -0.0193. The first-order valence-electron chi connectivity index (χ1n) is 13.5. The van der Waals surface area contributed by atoms with Gasteiger partial charge in [0.15, 0.2) is 0 Å². The molecule has 1 aliphatic carbocycles. The van der Waals surface area contributed by atoms with Crippen LogP contribution in [0, 0.1) is 23.6 Å². The lowest BCUT2D eigenvalue weighted by molar-refractivity contribution is 0.299. The lowest BCUT2D eigenvalue weighted by atomic mass is 9.76. The molecule has 0 aromatic heterocycles. The van der Waals surface area contributed by atoms with Crippen LogP contribution in [0.3, 0.4) is 0 Å². The SMILES string of the molecule is CCCCCC1CCC(c2ccc3cc(C#Cc4ccc(CCCC)cc4)ccc3c2F)CC1. The highest BCUT2D eigenvalue weighted by Gasteiger charge is 2.24. The van der Waals surface area contributed by atoms with Gasteiger partial charge in [-0.3, -0.25) is 0 Å². The highest BCUT2D eigenvalue weighted by atomic mass is 19.1. The Hall–Kier alpha value is -2.59. The molecule has 178 valence electrons. The summed E-state index contributed by atoms with van der Waals surface area (Å²) >= 11 is 0. The minimum Gasteiger partial charge on any atom is -0.206 e. The Morgan fingerprint density at radius 1 is 0.765 bits per heavy atom. The summed E-state index contributed by atoms with van der Waals surface area (Å²) in [5, 5.41) is 1.67. The molecule has 0 unspecified atom stereocenters. The third-order valence-electron chi connectivity index (χ3n) is 7.61. The zero-order valence-corrected chi connectivity index (χ0v) is 21.0. The first kappa shape index (κ1) is 24.5. The first-order valence-corrected chi connectivity index (χ1v) is 13.5. The molecule has 1 fully saturated rings. The maximum atomic E-state index is 15.5. The molecule has 0 aliphatic heterocycles. The standard InChI is InChI=1S/C33H39F/c1-3-5-7-9-26-16-19-29(20-17-26)31-23-21-30-24-28(18-22-32(30)33(31)34)15-14-27-12-10-25(11-13-27)8-6-4-2/h10-13,18,21-24,26,29H,3-9,16-17,19-20H2,1-2H3. The fourth-order valence-electron chi connectivity index (χ4n) is 5.43. The molecular weight excluding hydrogens is 415 g/mol. The molecule has 1 saturated carbocycles. The van der Waals surface area contributed by atoms with Crippen molar-refractivity contribution in [2.45, 2.75) is 90.4 Å². The van der Waals surface area contributed by atoms with Gasteiger partial charge in [-0.1, -0.05) is 88.1 Å². The molecule has 0 saturated heterocycles. The second-order valence-electron chi connectivity index (χ2n) is 10.2. The van der Waals surface area contributed by atoms with Gasteiger partial charge in [0.1, 0.15) is 5.82 Å². The zero-order chi connectivity index (χ0) is 23.8. The van der Waals surface area contributed by atoms with E-state index < -0.39 is 0 Å². The van der Waals surface area contributed by atoms with E-state index in [4.69, 9.17) is 0 Å². The average Bonchev–Trinajstić information content (AvgIpc) is 2.88. The fourth-order valence-corrected chi connectivity index (χ4v) is 5.43. The summed E-state index contributed by atoms with van der Waals surface area (Å²) < 4.78 is 15.5. The van der Waals surface area contributed by atoms with E-state index in [1.54, 1.807) is 0 Å². The molecular formula is C33H39F. The molecule has 1 aliphatic rings. The predicted molar refractivity (Wildman–Crippen MR) is 144 cm³/mol. The van der Waals surface area contributed by atoms with Gasteiger partial charge in [0.2, 0.25) is 0 Å². The molecule has 0 heterocycles. The molecule has 0 spiro atoms. The number of halogens is 1. The maximum absolute atomic E-state index is 15.5. The smallest absolute Gasteiger partial charge is 0.134 e. The number of fused-ring (bicyclic) bond motifs is 1. The molecule has 0 atom stereocenters. The van der Waals surface area contributed by atoms with Crippen LogP contribution in [0.4, 0.5) is 4.39 Å². The molecule has 3 aromatic rings. The van der Waals surface area contributed by atoms with Crippen molar-refractivity contribution in [3.63, 3.8) is 0 Å². The molecule has 1 heteroatoms. The third-order valence-corrected chi connectivity index (χ3v) is 7.61. The summed E-state index contributed by atoms with van der Waals surface area (Å²) in [7, 11) is 0. The van der Waals surface area contributed by atoms with Crippen LogP contribution in [0.2, 0.25) is 0 Å². The highest BCUT2D eigenvalue weighted by molar-refractivity contribution is 5.85. The van der Waals surface area contributed by atoms with Gasteiger partial charge in [-0.2, -0.15) is 0 Å². The Labute approximate surface area is 206 Å². The number of benzene rings is 3. The summed E-state index contributed by atoms with van der Waals surface area (Å²) in [6, 6.07) is 18.6. The van der Waals surface area contributed by atoms with Crippen molar-refractivity contribution in [3.8, 4) is 11.8 Å². The number of hydrogen-bond donors (Lipinski definition) is 0. The van der Waals surface area contributed by atoms with E-state index in [1.165, 1.54) is 56.9 Å². The summed E-state index contributed by atoms with van der Waals surface area (Å²) in [4.78, 5) is 0. The number of aryl methyl sites for hydroxylation is 1. The fraction of sp³-hybridized carbons (Fsp3) is 0.455. The number of hydrogen-bond acceptors (Lipinski definition) is 0. The van der Waals surface area contributed by atoms with Crippen molar-refractivity contribution in [2.75, 3.05) is 0 Å². The van der Waals surface area contributed by atoms with E-state index in [9.17, 15) is 0 Å². The molecule has 0 bridgehead atoms. The van der Waals surface area contributed by atoms with Gasteiger partial charge in [-0.25, -0.2) is 4.39 Å². The van der Waals surface area contributed by atoms with Gasteiger partial charge < -0.3 is 0 Å². The van der Waals surface area contributed by atoms with E-state index in [1.807, 2.05) is 24.3 Å². The molecule has 3 aromatic carbocycles. The molecule has 34 heavy (non-hydrogen) atoms. The number of rotatable bonds is 8. The summed E-state index contributed by atoms with van der Waals surface area (Å²) in [5.74, 6) is 7.73. The van der Waals surface area contributed by atoms with E-state index in [0.29, 0.717) is 5.92 Å². The van der Waals surface area contributed by atoms with E-state index in [2.05, 4.69) is 56.0 Å². The predicted octanol–water partition coefficient (Wildman–Crippen LogP) is 9.58. The molecule has 0 amide bonds. The first-order chi connectivity index (χ1) is 16.7. The highest BCUT2D eigenvalue weighted by Crippen LogP contribution is 2.40. The monoisotopic (exact) mass is 454 g/mol. The third kappa shape index (κ3) is 6.29. The molecule has 0 radical (unpaired) electrons. The van der Waals surface area contributed by atoms with E-state index >= 15 is 4.39 Å². The van der Waals surface area contributed by atoms with Gasteiger partial charge in [0, 0.05) is 16.5 Å². The van der Waals surface area contributed by atoms with Gasteiger partial charge in [-0.05, 0) is 91.1 Å². The second kappa shape index (κ2) is 12.2. The van der Waals surface area contributed by atoms with Gasteiger partial charge in [-0.15, -0.1) is 0 Å². The van der Waals surface area contributed by atoms with Crippen LogP contribution >= 0.6 is 0 Å². The lowest BCUT2D eigenvalue weighted by Gasteiger charge is -2.29. The normalized spacial score (nSPS) is 18.0. The van der Waals surface area contributed by atoms with Gasteiger partial charge >= 0.3 is 0 Å². The Morgan fingerprint density at radius 3 is 2.21 bits per heavy atom. The van der Waals surface area contributed by atoms with Crippen LogP contribution < -0.4 is 0 Å². The van der Waals surface area contributed by atoms with E-state index in [0.717, 1.165) is 52.6 Å². The van der Waals surface area contributed by atoms with Crippen molar-refractivity contribution in [3.05, 3.63) is 82.7 Å². The Kier molecular flexibility index (Phi) is 8.81. The second-order valence-corrected chi connectivity index (χ2v) is 10.2. The van der Waals surface area contributed by atoms with Gasteiger partial charge in [0.05, 0.1) is 0 Å². The average molecular weight is 455 g/mol. The Bertz CT molecular complexity index is 1120. The molecule has 4 rings (SSSR count). The van der Waals surface area contributed by atoms with Crippen LogP contribution in [-0.2, 0) is 6.42 Å². The zero-order valence-electron chi connectivity index (χ0n) is 21.0. The number of unbranched alkanes of at least 4 members (excludes halogenated alkanes) is 3. The Balaban J connectivity index is 1.43. The van der Waals surface area contributed by atoms with Crippen LogP contribution in [0.5, 0.6) is 0 Å². The summed E-state index contributed by atoms with van der Waals surface area (Å²) in [5.41, 5.74) is 4.24. The van der Waals surface area contributed by atoms with Crippen LogP contribution in [0.15, 0.2) is 54.6 Å². The van der Waals surface area contributed by atoms with Crippen molar-refractivity contribution >= 4 is 10.8 Å². The minimum absolute atomic E-state index is 0.0193. The maximum Gasteiger partial charge on any atom is 0.134 e. The largest absolute Gasteiger partial charge is 0.206 e.